The molecule has 2 N–H and O–H groups in total. The first-order valence-corrected chi connectivity index (χ1v) is 11.4. The number of guanidine groups is 1. The minimum atomic E-state index is -2.97. The third-order valence-corrected chi connectivity index (χ3v) is 4.90. The zero-order chi connectivity index (χ0) is 19.5. The number of hydrogen-bond donors (Lipinski definition) is 2. The van der Waals surface area contributed by atoms with Crippen LogP contribution >= 0.6 is 24.0 Å². The number of hydrogen-bond acceptors (Lipinski definition) is 4. The predicted octanol–water partition coefficient (Wildman–Crippen LogP) is 2.27. The number of aromatic nitrogens is 1. The Hall–Kier alpha value is -1.33. The lowest BCUT2D eigenvalue weighted by atomic mass is 10.2. The Kier molecular flexibility index (Phi) is 11.5. The Morgan fingerprint density at radius 2 is 1.96 bits per heavy atom. The Labute approximate surface area is 184 Å². The summed E-state index contributed by atoms with van der Waals surface area (Å²) in [4.78, 5) is 4.58. The van der Waals surface area contributed by atoms with Gasteiger partial charge in [-0.2, -0.15) is 0 Å². The van der Waals surface area contributed by atoms with Gasteiger partial charge in [-0.3, -0.25) is 4.99 Å². The number of rotatable bonds is 11. The summed E-state index contributed by atoms with van der Waals surface area (Å²) in [5.74, 6) is 0.802. The number of ether oxygens (including phenoxy) is 1. The molecule has 0 amide bonds. The fraction of sp³-hybridized carbons (Fsp3) is 0.526. The molecule has 0 fully saturated rings. The van der Waals surface area contributed by atoms with Crippen molar-refractivity contribution in [3.8, 4) is 0 Å². The number of nitrogens with zero attached hydrogens (tertiary/aromatic N) is 2. The van der Waals surface area contributed by atoms with Crippen molar-refractivity contribution in [3.63, 3.8) is 0 Å². The Balaban J connectivity index is 0.00000392. The van der Waals surface area contributed by atoms with E-state index in [1.165, 1.54) is 17.2 Å². The molecule has 0 radical (unpaired) electrons. The van der Waals surface area contributed by atoms with Crippen LogP contribution in [0.4, 0.5) is 0 Å². The first kappa shape index (κ1) is 24.7. The molecule has 0 bridgehead atoms. The van der Waals surface area contributed by atoms with E-state index in [9.17, 15) is 8.42 Å². The van der Waals surface area contributed by atoms with Gasteiger partial charge >= 0.3 is 0 Å². The minimum absolute atomic E-state index is 0. The van der Waals surface area contributed by atoms with E-state index in [0.717, 1.165) is 32.0 Å². The van der Waals surface area contributed by atoms with E-state index in [2.05, 4.69) is 56.7 Å². The zero-order valence-electron chi connectivity index (χ0n) is 16.6. The van der Waals surface area contributed by atoms with E-state index in [-0.39, 0.29) is 36.3 Å². The molecule has 0 spiro atoms. The maximum atomic E-state index is 11.0. The van der Waals surface area contributed by atoms with E-state index >= 15 is 0 Å². The molecule has 0 aliphatic heterocycles. The van der Waals surface area contributed by atoms with Gasteiger partial charge in [0, 0.05) is 44.1 Å². The molecule has 2 rings (SSSR count). The summed E-state index contributed by atoms with van der Waals surface area (Å²) in [6.45, 7) is 5.68. The van der Waals surface area contributed by atoms with Gasteiger partial charge in [0.1, 0.15) is 9.84 Å². The number of aryl methyl sites for hydroxylation is 1. The van der Waals surface area contributed by atoms with Crippen LogP contribution in [0.3, 0.4) is 0 Å². The Morgan fingerprint density at radius 3 is 2.71 bits per heavy atom. The number of fused-ring (bicyclic) bond motifs is 1. The fourth-order valence-corrected chi connectivity index (χ4v) is 3.08. The van der Waals surface area contributed by atoms with Gasteiger partial charge in [-0.1, -0.05) is 18.2 Å². The highest BCUT2D eigenvalue weighted by Gasteiger charge is 2.02. The number of para-hydroxylation sites is 1. The summed E-state index contributed by atoms with van der Waals surface area (Å²) in [5.41, 5.74) is 1.25. The van der Waals surface area contributed by atoms with Crippen molar-refractivity contribution in [1.29, 1.82) is 0 Å². The Bertz CT molecular complexity index is 837. The molecule has 28 heavy (non-hydrogen) atoms. The number of aliphatic imine (C=N–C) groups is 1. The van der Waals surface area contributed by atoms with Crippen molar-refractivity contribution in [1.82, 2.24) is 15.2 Å². The van der Waals surface area contributed by atoms with E-state index in [1.54, 1.807) is 0 Å². The van der Waals surface area contributed by atoms with Gasteiger partial charge in [-0.05, 0) is 30.9 Å². The summed E-state index contributed by atoms with van der Waals surface area (Å²) < 4.78 is 29.6. The van der Waals surface area contributed by atoms with Gasteiger partial charge in [-0.25, -0.2) is 8.42 Å². The largest absolute Gasteiger partial charge is 0.379 e. The maximum absolute atomic E-state index is 11.0. The molecule has 158 valence electrons. The van der Waals surface area contributed by atoms with Crippen molar-refractivity contribution in [2.45, 2.75) is 19.9 Å². The molecule has 0 saturated carbocycles. The van der Waals surface area contributed by atoms with E-state index in [0.29, 0.717) is 13.2 Å². The van der Waals surface area contributed by atoms with Crippen molar-refractivity contribution < 1.29 is 13.2 Å². The van der Waals surface area contributed by atoms with Gasteiger partial charge in [0.25, 0.3) is 0 Å². The van der Waals surface area contributed by atoms with Crippen LogP contribution in [0.5, 0.6) is 0 Å². The fourth-order valence-electron chi connectivity index (χ4n) is 2.66. The lowest BCUT2D eigenvalue weighted by molar-refractivity contribution is 0.154. The third kappa shape index (κ3) is 9.24. The lowest BCUT2D eigenvalue weighted by Crippen LogP contribution is -2.39. The van der Waals surface area contributed by atoms with Crippen molar-refractivity contribution in [2.75, 3.05) is 44.9 Å². The van der Waals surface area contributed by atoms with Gasteiger partial charge in [0.15, 0.2) is 5.96 Å². The van der Waals surface area contributed by atoms with Crippen molar-refractivity contribution in [2.24, 2.45) is 4.99 Å². The SMILES string of the molecule is CCNC(=NCCCn1ccc2ccccc21)NCCOCCS(C)(=O)=O.I. The molecule has 7 nitrogen and oxygen atoms in total. The Morgan fingerprint density at radius 1 is 1.18 bits per heavy atom. The average molecular weight is 522 g/mol. The van der Waals surface area contributed by atoms with Crippen LogP contribution in [-0.2, 0) is 21.1 Å². The lowest BCUT2D eigenvalue weighted by Gasteiger charge is -2.11. The van der Waals surface area contributed by atoms with Crippen LogP contribution in [0.2, 0.25) is 0 Å². The molecule has 0 unspecified atom stereocenters. The van der Waals surface area contributed by atoms with Crippen molar-refractivity contribution >= 4 is 50.7 Å². The summed E-state index contributed by atoms with van der Waals surface area (Å²) >= 11 is 0. The summed E-state index contributed by atoms with van der Waals surface area (Å²) in [6, 6.07) is 10.5. The smallest absolute Gasteiger partial charge is 0.191 e. The second-order valence-corrected chi connectivity index (χ2v) is 8.61. The molecule has 0 atom stereocenters. The van der Waals surface area contributed by atoms with Crippen molar-refractivity contribution in [3.05, 3.63) is 36.5 Å². The summed E-state index contributed by atoms with van der Waals surface area (Å²) in [7, 11) is -2.97. The first-order valence-electron chi connectivity index (χ1n) is 9.31. The van der Waals surface area contributed by atoms with E-state index in [4.69, 9.17) is 4.74 Å². The monoisotopic (exact) mass is 522 g/mol. The van der Waals surface area contributed by atoms with Crippen LogP contribution in [0.15, 0.2) is 41.5 Å². The number of sulfone groups is 1. The molecule has 2 aromatic rings. The second-order valence-electron chi connectivity index (χ2n) is 6.35. The quantitative estimate of drug-likeness (QED) is 0.205. The summed E-state index contributed by atoms with van der Waals surface area (Å²) in [6.07, 6.45) is 4.27. The molecule has 0 aliphatic carbocycles. The zero-order valence-corrected chi connectivity index (χ0v) is 19.7. The normalized spacial score (nSPS) is 12.0. The van der Waals surface area contributed by atoms with Gasteiger partial charge < -0.3 is 19.9 Å². The predicted molar refractivity (Wildman–Crippen MR) is 126 cm³/mol. The number of benzene rings is 1. The topological polar surface area (TPSA) is 84.7 Å². The number of halogens is 1. The molecule has 0 saturated heterocycles. The molecule has 1 aromatic carbocycles. The van der Waals surface area contributed by atoms with Crippen LogP contribution in [0, 0.1) is 0 Å². The number of nitrogens with one attached hydrogen (secondary N) is 2. The maximum Gasteiger partial charge on any atom is 0.191 e. The molecule has 1 aromatic heterocycles. The second kappa shape index (κ2) is 13.0. The average Bonchev–Trinajstić information content (AvgIpc) is 3.04. The molecule has 1 heterocycles. The van der Waals surface area contributed by atoms with Gasteiger partial charge in [-0.15, -0.1) is 24.0 Å². The standard InChI is InChI=1S/C19H30N4O3S.HI/c1-3-20-19(22-11-14-26-15-16-27(2,24)25)21-10-6-12-23-13-9-17-7-4-5-8-18(17)23;/h4-5,7-9,13H,3,6,10-12,14-16H2,1-2H3,(H2,20,21,22);1H. The van der Waals surface area contributed by atoms with Crippen LogP contribution < -0.4 is 10.6 Å². The van der Waals surface area contributed by atoms with Crippen LogP contribution in [0.1, 0.15) is 13.3 Å². The van der Waals surface area contributed by atoms with Crippen LogP contribution in [-0.4, -0.2) is 63.8 Å². The molecule has 9 heteroatoms. The first-order chi connectivity index (χ1) is 13.0. The highest BCUT2D eigenvalue weighted by molar-refractivity contribution is 14.0. The van der Waals surface area contributed by atoms with Gasteiger partial charge in [0.05, 0.1) is 19.0 Å². The summed E-state index contributed by atoms with van der Waals surface area (Å²) in [5, 5.41) is 7.66. The van der Waals surface area contributed by atoms with Gasteiger partial charge in [0.2, 0.25) is 0 Å². The third-order valence-electron chi connectivity index (χ3n) is 3.99. The van der Waals surface area contributed by atoms with E-state index in [1.807, 2.05) is 6.92 Å². The minimum Gasteiger partial charge on any atom is -0.379 e. The van der Waals surface area contributed by atoms with Crippen LogP contribution in [0.25, 0.3) is 10.9 Å². The highest BCUT2D eigenvalue weighted by atomic mass is 127. The molecular formula is C19H31IN4O3S. The highest BCUT2D eigenvalue weighted by Crippen LogP contribution is 2.15. The molecule has 0 aliphatic rings. The molecular weight excluding hydrogens is 491 g/mol. The van der Waals surface area contributed by atoms with E-state index < -0.39 is 9.84 Å².